The molecule has 17 heavy (non-hydrogen) atoms. The zero-order valence-corrected chi connectivity index (χ0v) is 10.5. The summed E-state index contributed by atoms with van der Waals surface area (Å²) < 4.78 is 0. The Labute approximate surface area is 102 Å². The minimum absolute atomic E-state index is 0.0193. The summed E-state index contributed by atoms with van der Waals surface area (Å²) in [6.07, 6.45) is 0. The molecule has 0 aliphatic carbocycles. The molecule has 0 spiro atoms. The highest BCUT2D eigenvalue weighted by Gasteiger charge is 2.10. The summed E-state index contributed by atoms with van der Waals surface area (Å²) in [6.45, 7) is 4.64. The molecule has 0 aliphatic rings. The predicted molar refractivity (Wildman–Crippen MR) is 68.4 cm³/mol. The lowest BCUT2D eigenvalue weighted by atomic mass is 10.2. The Morgan fingerprint density at radius 2 is 2.12 bits per heavy atom. The van der Waals surface area contributed by atoms with Crippen molar-refractivity contribution >= 4 is 11.4 Å². The molecule has 1 aromatic carbocycles. The largest absolute Gasteiger partial charge is 0.370 e. The quantitative estimate of drug-likeness (QED) is 0.558. The van der Waals surface area contributed by atoms with Gasteiger partial charge in [-0.05, 0) is 33.2 Å². The van der Waals surface area contributed by atoms with Crippen molar-refractivity contribution in [2.75, 3.05) is 38.6 Å². The zero-order chi connectivity index (χ0) is 12.8. The van der Waals surface area contributed by atoms with E-state index in [-0.39, 0.29) is 5.69 Å². The molecular formula is C12H18N3O2. The number of nitro benzene ring substituents is 1. The number of non-ortho nitro benzene ring substituents is 1. The number of nitro groups is 1. The average molecular weight is 236 g/mol. The average Bonchev–Trinajstić information content (AvgIpc) is 2.30. The minimum Gasteiger partial charge on any atom is -0.370 e. The zero-order valence-electron chi connectivity index (χ0n) is 10.5. The van der Waals surface area contributed by atoms with Gasteiger partial charge in [0.15, 0.2) is 0 Å². The Balaban J connectivity index is 2.80. The van der Waals surface area contributed by atoms with E-state index in [9.17, 15) is 10.1 Å². The van der Waals surface area contributed by atoms with Crippen LogP contribution >= 0.6 is 0 Å². The van der Waals surface area contributed by atoms with Crippen molar-refractivity contribution in [2.45, 2.75) is 6.92 Å². The first-order valence-corrected chi connectivity index (χ1v) is 5.60. The van der Waals surface area contributed by atoms with Crippen LogP contribution in [0.3, 0.4) is 0 Å². The van der Waals surface area contributed by atoms with E-state index in [0.29, 0.717) is 0 Å². The molecule has 0 unspecified atom stereocenters. The summed E-state index contributed by atoms with van der Waals surface area (Å²) in [5, 5.41) is 10.7. The Hall–Kier alpha value is -1.62. The first-order chi connectivity index (χ1) is 8.04. The van der Waals surface area contributed by atoms with Crippen LogP contribution in [0.2, 0.25) is 0 Å². The SMILES string of the molecule is CCN(CCN(C)C)c1cc[c]c([N+](=O)[O-])c1. The molecular weight excluding hydrogens is 218 g/mol. The molecule has 0 aromatic heterocycles. The van der Waals surface area contributed by atoms with Gasteiger partial charge >= 0.3 is 0 Å². The third kappa shape index (κ3) is 4.03. The molecule has 0 bridgehead atoms. The Kier molecular flexibility index (Phi) is 4.90. The molecule has 1 radical (unpaired) electrons. The van der Waals surface area contributed by atoms with Crippen LogP contribution in [0.25, 0.3) is 0 Å². The predicted octanol–water partition coefficient (Wildman–Crippen LogP) is 1.78. The maximum Gasteiger partial charge on any atom is 0.279 e. The van der Waals surface area contributed by atoms with Gasteiger partial charge in [0.25, 0.3) is 5.69 Å². The molecule has 0 saturated heterocycles. The van der Waals surface area contributed by atoms with E-state index >= 15 is 0 Å². The normalized spacial score (nSPS) is 10.6. The third-order valence-corrected chi connectivity index (χ3v) is 2.53. The van der Waals surface area contributed by atoms with Gasteiger partial charge in [0.05, 0.1) is 11.0 Å². The summed E-state index contributed by atoms with van der Waals surface area (Å²) in [5.74, 6) is 0. The Morgan fingerprint density at radius 3 is 2.65 bits per heavy atom. The fourth-order valence-corrected chi connectivity index (χ4v) is 1.53. The van der Waals surface area contributed by atoms with Crippen molar-refractivity contribution in [1.82, 2.24) is 4.90 Å². The Morgan fingerprint density at radius 1 is 1.41 bits per heavy atom. The number of likely N-dealkylation sites (N-methyl/N-ethyl adjacent to an activating group) is 2. The minimum atomic E-state index is -0.413. The molecule has 0 aliphatic heterocycles. The highest BCUT2D eigenvalue weighted by molar-refractivity contribution is 5.52. The smallest absolute Gasteiger partial charge is 0.279 e. The van der Waals surface area contributed by atoms with E-state index in [1.165, 1.54) is 0 Å². The summed E-state index contributed by atoms with van der Waals surface area (Å²) in [4.78, 5) is 14.5. The van der Waals surface area contributed by atoms with Crippen molar-refractivity contribution in [3.8, 4) is 0 Å². The number of hydrogen-bond acceptors (Lipinski definition) is 4. The van der Waals surface area contributed by atoms with Gasteiger partial charge < -0.3 is 9.80 Å². The van der Waals surface area contributed by atoms with Gasteiger partial charge in [0, 0.05) is 31.4 Å². The van der Waals surface area contributed by atoms with Gasteiger partial charge in [0.2, 0.25) is 0 Å². The lowest BCUT2D eigenvalue weighted by Crippen LogP contribution is -2.31. The molecule has 93 valence electrons. The second-order valence-corrected chi connectivity index (χ2v) is 4.07. The number of nitrogens with zero attached hydrogens (tertiary/aromatic N) is 3. The summed E-state index contributed by atoms with van der Waals surface area (Å²) in [5.41, 5.74) is 0.894. The fourth-order valence-electron chi connectivity index (χ4n) is 1.53. The fraction of sp³-hybridized carbons (Fsp3) is 0.500. The second-order valence-electron chi connectivity index (χ2n) is 4.07. The van der Waals surface area contributed by atoms with Crippen LogP contribution in [0, 0.1) is 16.2 Å². The molecule has 0 atom stereocenters. The van der Waals surface area contributed by atoms with Crippen molar-refractivity contribution < 1.29 is 4.92 Å². The lowest BCUT2D eigenvalue weighted by molar-refractivity contribution is -0.385. The Bertz CT molecular complexity index is 380. The first-order valence-electron chi connectivity index (χ1n) is 5.60. The van der Waals surface area contributed by atoms with Crippen molar-refractivity contribution in [2.24, 2.45) is 0 Å². The van der Waals surface area contributed by atoms with E-state index in [0.717, 1.165) is 25.3 Å². The van der Waals surface area contributed by atoms with Gasteiger partial charge in [-0.3, -0.25) is 10.1 Å². The molecule has 5 nitrogen and oxygen atoms in total. The molecule has 0 saturated carbocycles. The van der Waals surface area contributed by atoms with E-state index < -0.39 is 4.92 Å². The molecule has 0 heterocycles. The van der Waals surface area contributed by atoms with Crippen molar-refractivity contribution in [1.29, 1.82) is 0 Å². The molecule has 5 heteroatoms. The van der Waals surface area contributed by atoms with Gasteiger partial charge in [0.1, 0.15) is 0 Å². The summed E-state index contributed by atoms with van der Waals surface area (Å²) in [6, 6.07) is 7.64. The highest BCUT2D eigenvalue weighted by atomic mass is 16.6. The van der Waals surface area contributed by atoms with Gasteiger partial charge in [-0.25, -0.2) is 0 Å². The number of anilines is 1. The highest BCUT2D eigenvalue weighted by Crippen LogP contribution is 2.20. The second kappa shape index (κ2) is 6.20. The van der Waals surface area contributed by atoms with Crippen LogP contribution in [-0.2, 0) is 0 Å². The topological polar surface area (TPSA) is 49.6 Å². The van der Waals surface area contributed by atoms with Crippen LogP contribution < -0.4 is 4.90 Å². The van der Waals surface area contributed by atoms with E-state index in [4.69, 9.17) is 0 Å². The molecule has 0 fully saturated rings. The third-order valence-electron chi connectivity index (χ3n) is 2.53. The monoisotopic (exact) mass is 236 g/mol. The van der Waals surface area contributed by atoms with Gasteiger partial charge in [-0.2, -0.15) is 0 Å². The maximum absolute atomic E-state index is 10.7. The van der Waals surface area contributed by atoms with Crippen LogP contribution in [0.5, 0.6) is 0 Å². The number of benzene rings is 1. The standard InChI is InChI=1S/C12H18N3O2/c1-4-14(9-8-13(2)3)11-6-5-7-12(10-11)15(16)17/h5-6,10H,4,8-9H2,1-3H3. The van der Waals surface area contributed by atoms with Crippen molar-refractivity contribution in [3.05, 3.63) is 34.4 Å². The van der Waals surface area contributed by atoms with E-state index in [1.807, 2.05) is 27.1 Å². The maximum atomic E-state index is 10.7. The van der Waals surface area contributed by atoms with Gasteiger partial charge in [-0.1, -0.05) is 0 Å². The van der Waals surface area contributed by atoms with Crippen LogP contribution in [-0.4, -0.2) is 43.6 Å². The van der Waals surface area contributed by atoms with Crippen molar-refractivity contribution in [3.63, 3.8) is 0 Å². The van der Waals surface area contributed by atoms with E-state index in [2.05, 4.69) is 15.9 Å². The van der Waals surface area contributed by atoms with Gasteiger partial charge in [-0.15, -0.1) is 0 Å². The van der Waals surface area contributed by atoms with Crippen LogP contribution in [0.4, 0.5) is 11.4 Å². The number of rotatable bonds is 6. The summed E-state index contributed by atoms with van der Waals surface area (Å²) >= 11 is 0. The first kappa shape index (κ1) is 13.4. The van der Waals surface area contributed by atoms with Crippen LogP contribution in [0.15, 0.2) is 18.2 Å². The van der Waals surface area contributed by atoms with E-state index in [1.54, 1.807) is 12.1 Å². The molecule has 0 amide bonds. The number of hydrogen-bond donors (Lipinski definition) is 0. The molecule has 1 rings (SSSR count). The van der Waals surface area contributed by atoms with Crippen LogP contribution in [0.1, 0.15) is 6.92 Å². The summed E-state index contributed by atoms with van der Waals surface area (Å²) in [7, 11) is 4.02. The molecule has 1 aromatic rings. The lowest BCUT2D eigenvalue weighted by Gasteiger charge is -2.24. The molecule has 0 N–H and O–H groups in total.